The van der Waals surface area contributed by atoms with Gasteiger partial charge >= 0.3 is 5.69 Å². The lowest BCUT2D eigenvalue weighted by Gasteiger charge is -2.33. The average molecular weight is 408 g/mol. The van der Waals surface area contributed by atoms with Gasteiger partial charge in [0.15, 0.2) is 0 Å². The van der Waals surface area contributed by atoms with Crippen LogP contribution in [0.25, 0.3) is 0 Å². The average Bonchev–Trinajstić information content (AvgIpc) is 3.21. The van der Waals surface area contributed by atoms with Crippen molar-refractivity contribution < 1.29 is 13.9 Å². The highest BCUT2D eigenvalue weighted by atomic mass is 16.5. The lowest BCUT2D eigenvalue weighted by Crippen LogP contribution is -2.39. The SMILES string of the molecule is COc1ccccc1Cc1cnc([C@@H]2CCCCN2C(=O)c2cc(C)[nH]c(=O)n2)o1. The first kappa shape index (κ1) is 19.9. The minimum atomic E-state index is -0.526. The number of nitrogens with one attached hydrogen (secondary N) is 1. The summed E-state index contributed by atoms with van der Waals surface area (Å²) in [5, 5.41) is 0. The van der Waals surface area contributed by atoms with Crippen LogP contribution in [0.3, 0.4) is 0 Å². The molecule has 1 N–H and O–H groups in total. The van der Waals surface area contributed by atoms with Crippen LogP contribution < -0.4 is 10.4 Å². The van der Waals surface area contributed by atoms with Gasteiger partial charge in [-0.05, 0) is 38.3 Å². The van der Waals surface area contributed by atoms with Crippen LogP contribution in [0.4, 0.5) is 0 Å². The van der Waals surface area contributed by atoms with E-state index in [9.17, 15) is 9.59 Å². The topological polar surface area (TPSA) is 101 Å². The number of aromatic nitrogens is 3. The molecular weight excluding hydrogens is 384 g/mol. The van der Waals surface area contributed by atoms with E-state index in [2.05, 4.69) is 15.0 Å². The first-order valence-electron chi connectivity index (χ1n) is 10.0. The number of H-pyrrole nitrogens is 1. The van der Waals surface area contributed by atoms with Crippen LogP contribution in [0, 0.1) is 6.92 Å². The molecule has 2 aromatic heterocycles. The number of benzene rings is 1. The molecule has 0 saturated carbocycles. The molecule has 1 aliphatic rings. The summed E-state index contributed by atoms with van der Waals surface area (Å²) < 4.78 is 11.4. The molecule has 1 aromatic carbocycles. The molecule has 0 radical (unpaired) electrons. The molecule has 4 rings (SSSR count). The normalized spacial score (nSPS) is 16.5. The highest BCUT2D eigenvalue weighted by Crippen LogP contribution is 2.32. The maximum atomic E-state index is 13.1. The number of rotatable bonds is 5. The smallest absolute Gasteiger partial charge is 0.345 e. The third-order valence-electron chi connectivity index (χ3n) is 5.28. The van der Waals surface area contributed by atoms with Gasteiger partial charge in [0.2, 0.25) is 5.89 Å². The summed E-state index contributed by atoms with van der Waals surface area (Å²) >= 11 is 0. The molecule has 0 bridgehead atoms. The summed E-state index contributed by atoms with van der Waals surface area (Å²) in [5.74, 6) is 1.73. The molecule has 0 unspecified atom stereocenters. The molecule has 1 amide bonds. The van der Waals surface area contributed by atoms with Gasteiger partial charge in [0.25, 0.3) is 5.91 Å². The second kappa shape index (κ2) is 8.52. The first-order valence-corrected chi connectivity index (χ1v) is 10.0. The first-order chi connectivity index (χ1) is 14.5. The molecule has 1 fully saturated rings. The number of aryl methyl sites for hydroxylation is 1. The number of hydrogen-bond acceptors (Lipinski definition) is 6. The zero-order valence-corrected chi connectivity index (χ0v) is 17.1. The second-order valence-electron chi connectivity index (χ2n) is 7.42. The van der Waals surface area contributed by atoms with Crippen molar-refractivity contribution in [1.29, 1.82) is 0 Å². The van der Waals surface area contributed by atoms with Crippen LogP contribution in [0.15, 0.2) is 45.7 Å². The number of methoxy groups -OCH3 is 1. The van der Waals surface area contributed by atoms with E-state index in [0.29, 0.717) is 30.3 Å². The van der Waals surface area contributed by atoms with Gasteiger partial charge in [0.05, 0.1) is 13.3 Å². The van der Waals surface area contributed by atoms with Gasteiger partial charge in [-0.1, -0.05) is 18.2 Å². The van der Waals surface area contributed by atoms with Gasteiger partial charge in [-0.3, -0.25) is 4.79 Å². The molecule has 156 valence electrons. The third kappa shape index (κ3) is 4.12. The van der Waals surface area contributed by atoms with Crippen molar-refractivity contribution in [1.82, 2.24) is 19.9 Å². The minimum absolute atomic E-state index is 0.143. The van der Waals surface area contributed by atoms with Crippen molar-refractivity contribution in [2.24, 2.45) is 0 Å². The van der Waals surface area contributed by atoms with Crippen molar-refractivity contribution in [3.05, 3.63) is 75.6 Å². The summed E-state index contributed by atoms with van der Waals surface area (Å²) in [4.78, 5) is 37.4. The Balaban J connectivity index is 1.57. The summed E-state index contributed by atoms with van der Waals surface area (Å²) in [7, 11) is 1.64. The number of nitrogens with zero attached hydrogens (tertiary/aromatic N) is 3. The standard InChI is InChI=1S/C22H24N4O4/c1-14-11-17(25-22(28)24-14)21(27)26-10-6-5-8-18(26)20-23-13-16(30-20)12-15-7-3-4-9-19(15)29-2/h3-4,7,9,11,13,18H,5-6,8,10,12H2,1-2H3,(H,24,25,28)/t18-/m0/s1. The number of para-hydroxylation sites is 1. The van der Waals surface area contributed by atoms with Crippen LogP contribution >= 0.6 is 0 Å². The monoisotopic (exact) mass is 408 g/mol. The number of ether oxygens (including phenoxy) is 1. The zero-order valence-electron chi connectivity index (χ0n) is 17.1. The molecule has 3 aromatic rings. The molecule has 3 heterocycles. The molecule has 0 spiro atoms. The maximum absolute atomic E-state index is 13.1. The highest BCUT2D eigenvalue weighted by Gasteiger charge is 2.32. The van der Waals surface area contributed by atoms with Crippen LogP contribution in [-0.2, 0) is 6.42 Å². The fraction of sp³-hybridized carbons (Fsp3) is 0.364. The van der Waals surface area contributed by atoms with E-state index in [1.165, 1.54) is 0 Å². The number of likely N-dealkylation sites (tertiary alicyclic amines) is 1. The summed E-state index contributed by atoms with van der Waals surface area (Å²) in [6.07, 6.45) is 4.86. The van der Waals surface area contributed by atoms with E-state index in [1.807, 2.05) is 24.3 Å². The molecular formula is C22H24N4O4. The number of carbonyl (C=O) groups is 1. The van der Waals surface area contributed by atoms with E-state index in [0.717, 1.165) is 30.6 Å². The van der Waals surface area contributed by atoms with Gasteiger partial charge in [-0.25, -0.2) is 9.78 Å². The molecule has 8 nitrogen and oxygen atoms in total. The van der Waals surface area contributed by atoms with E-state index >= 15 is 0 Å². The Bertz CT molecular complexity index is 1100. The molecule has 1 aliphatic heterocycles. The lowest BCUT2D eigenvalue weighted by molar-refractivity contribution is 0.0563. The Hall–Kier alpha value is -3.42. The van der Waals surface area contributed by atoms with Crippen LogP contribution in [-0.4, -0.2) is 39.4 Å². The third-order valence-corrected chi connectivity index (χ3v) is 5.28. The Morgan fingerprint density at radius 1 is 1.33 bits per heavy atom. The Labute approximate surface area is 173 Å². The van der Waals surface area contributed by atoms with Crippen molar-refractivity contribution >= 4 is 5.91 Å². The van der Waals surface area contributed by atoms with Crippen LogP contribution in [0.1, 0.15) is 58.7 Å². The summed E-state index contributed by atoms with van der Waals surface area (Å²) in [6, 6.07) is 9.08. The van der Waals surface area contributed by atoms with Crippen LogP contribution in [0.2, 0.25) is 0 Å². The fourth-order valence-electron chi connectivity index (χ4n) is 3.86. The quantitative estimate of drug-likeness (QED) is 0.696. The van der Waals surface area contributed by atoms with Crippen molar-refractivity contribution in [2.75, 3.05) is 13.7 Å². The fourth-order valence-corrected chi connectivity index (χ4v) is 3.86. The number of hydrogen-bond donors (Lipinski definition) is 1. The summed E-state index contributed by atoms with van der Waals surface area (Å²) in [6.45, 7) is 2.30. The number of piperidine rings is 1. The van der Waals surface area contributed by atoms with Crippen molar-refractivity contribution in [3.8, 4) is 5.75 Å². The van der Waals surface area contributed by atoms with E-state index in [4.69, 9.17) is 9.15 Å². The largest absolute Gasteiger partial charge is 0.496 e. The van der Waals surface area contributed by atoms with Gasteiger partial charge in [0.1, 0.15) is 23.2 Å². The zero-order chi connectivity index (χ0) is 21.1. The van der Waals surface area contributed by atoms with Gasteiger partial charge < -0.3 is 19.0 Å². The Kier molecular flexibility index (Phi) is 5.65. The molecule has 1 saturated heterocycles. The number of amides is 1. The number of carbonyl (C=O) groups excluding carboxylic acids is 1. The molecule has 8 heteroatoms. The van der Waals surface area contributed by atoms with Crippen molar-refractivity contribution in [3.63, 3.8) is 0 Å². The maximum Gasteiger partial charge on any atom is 0.345 e. The number of oxazole rings is 1. The van der Waals surface area contributed by atoms with E-state index in [1.54, 1.807) is 31.2 Å². The predicted molar refractivity (Wildman–Crippen MR) is 110 cm³/mol. The van der Waals surface area contributed by atoms with E-state index < -0.39 is 5.69 Å². The van der Waals surface area contributed by atoms with Gasteiger partial charge in [-0.15, -0.1) is 0 Å². The highest BCUT2D eigenvalue weighted by molar-refractivity contribution is 5.92. The predicted octanol–water partition coefficient (Wildman–Crippen LogP) is 3.03. The molecule has 1 atom stereocenters. The lowest BCUT2D eigenvalue weighted by atomic mass is 10.0. The van der Waals surface area contributed by atoms with Gasteiger partial charge in [-0.2, -0.15) is 4.98 Å². The molecule has 30 heavy (non-hydrogen) atoms. The Morgan fingerprint density at radius 3 is 2.97 bits per heavy atom. The molecule has 0 aliphatic carbocycles. The van der Waals surface area contributed by atoms with E-state index in [-0.39, 0.29) is 17.6 Å². The van der Waals surface area contributed by atoms with Gasteiger partial charge in [0, 0.05) is 24.2 Å². The number of aromatic amines is 1. The van der Waals surface area contributed by atoms with Crippen molar-refractivity contribution in [2.45, 2.75) is 38.6 Å². The van der Waals surface area contributed by atoms with Crippen LogP contribution in [0.5, 0.6) is 5.75 Å². The Morgan fingerprint density at radius 2 is 2.17 bits per heavy atom. The second-order valence-corrected chi connectivity index (χ2v) is 7.42. The summed E-state index contributed by atoms with van der Waals surface area (Å²) in [5.41, 5.74) is 1.22. The minimum Gasteiger partial charge on any atom is -0.496 e.